The van der Waals surface area contributed by atoms with E-state index in [0.29, 0.717) is 6.54 Å². The molecule has 3 aromatic carbocycles. The Hall–Kier alpha value is -4.20. The first kappa shape index (κ1) is 25.9. The van der Waals surface area contributed by atoms with Gasteiger partial charge in [-0.25, -0.2) is 9.97 Å². The molecule has 0 saturated carbocycles. The Morgan fingerprint density at radius 2 is 1.65 bits per heavy atom. The predicted molar refractivity (Wildman–Crippen MR) is 147 cm³/mol. The number of carboxylic acids is 1. The zero-order valence-corrected chi connectivity index (χ0v) is 21.1. The average Bonchev–Trinajstić information content (AvgIpc) is 3.32. The molecule has 5 rings (SSSR count). The second kappa shape index (κ2) is 11.2. The van der Waals surface area contributed by atoms with E-state index in [2.05, 4.69) is 44.9 Å². The molecule has 5 aromatic rings. The number of hydrogen-bond acceptors (Lipinski definition) is 5. The van der Waals surface area contributed by atoms with Crippen molar-refractivity contribution in [3.8, 4) is 28.1 Å². The van der Waals surface area contributed by atoms with Gasteiger partial charge >= 0.3 is 5.97 Å². The van der Waals surface area contributed by atoms with E-state index in [0.717, 1.165) is 44.7 Å². The van der Waals surface area contributed by atoms with Crippen LogP contribution in [0, 0.1) is 0 Å². The molecule has 1 atom stereocenters. The molecule has 0 spiro atoms. The van der Waals surface area contributed by atoms with E-state index in [1.165, 1.54) is 5.56 Å². The lowest BCUT2D eigenvalue weighted by Gasteiger charge is -2.09. The van der Waals surface area contributed by atoms with Crippen molar-refractivity contribution in [2.75, 3.05) is 7.11 Å². The third-order valence-corrected chi connectivity index (χ3v) is 6.27. The molecule has 7 nitrogen and oxygen atoms in total. The summed E-state index contributed by atoms with van der Waals surface area (Å²) in [5.74, 6) is -0.169. The number of ether oxygens (including phenoxy) is 1. The standard InChI is InChI=1S/C29H26N4O3.ClH/c1-36-24-4-2-3-23(16-24)21-9-7-20(8-10-21)17-33-14-13-25-27(31-18-32-28(25)33)22-11-5-19(6-12-22)15-26(30)29(34)35;/h2-14,16,18,26H,15,17,30H2,1H3,(H,34,35);1H. The van der Waals surface area contributed by atoms with Gasteiger partial charge in [0.15, 0.2) is 0 Å². The van der Waals surface area contributed by atoms with E-state index >= 15 is 0 Å². The molecule has 2 heterocycles. The summed E-state index contributed by atoms with van der Waals surface area (Å²) < 4.78 is 7.45. The van der Waals surface area contributed by atoms with Crippen LogP contribution in [0.15, 0.2) is 91.4 Å². The topological polar surface area (TPSA) is 103 Å². The van der Waals surface area contributed by atoms with Crippen LogP contribution in [0.3, 0.4) is 0 Å². The van der Waals surface area contributed by atoms with Gasteiger partial charge in [0.1, 0.15) is 23.8 Å². The summed E-state index contributed by atoms with van der Waals surface area (Å²) in [6, 6.07) is 25.3. The molecule has 2 aromatic heterocycles. The van der Waals surface area contributed by atoms with E-state index in [-0.39, 0.29) is 18.8 Å². The second-order valence-electron chi connectivity index (χ2n) is 8.68. The number of hydrogen-bond donors (Lipinski definition) is 2. The molecule has 0 aliphatic rings. The summed E-state index contributed by atoms with van der Waals surface area (Å²) in [5.41, 5.74) is 12.6. The Kier molecular flexibility index (Phi) is 7.86. The van der Waals surface area contributed by atoms with E-state index in [1.807, 2.05) is 54.7 Å². The molecule has 0 radical (unpaired) electrons. The minimum Gasteiger partial charge on any atom is -0.497 e. The van der Waals surface area contributed by atoms with Crippen LogP contribution in [-0.2, 0) is 17.8 Å². The number of halogens is 1. The Bertz CT molecular complexity index is 1520. The lowest BCUT2D eigenvalue weighted by molar-refractivity contribution is -0.138. The van der Waals surface area contributed by atoms with Gasteiger partial charge in [-0.2, -0.15) is 0 Å². The number of rotatable bonds is 8. The summed E-state index contributed by atoms with van der Waals surface area (Å²) in [6.45, 7) is 0.685. The highest BCUT2D eigenvalue weighted by Gasteiger charge is 2.14. The molecule has 3 N–H and O–H groups in total. The molecule has 0 amide bonds. The normalized spacial score (nSPS) is 11.6. The highest BCUT2D eigenvalue weighted by molar-refractivity contribution is 5.91. The average molecular weight is 515 g/mol. The van der Waals surface area contributed by atoms with Gasteiger partial charge in [-0.1, -0.05) is 60.7 Å². The van der Waals surface area contributed by atoms with Gasteiger partial charge in [0.05, 0.1) is 12.8 Å². The van der Waals surface area contributed by atoms with Gasteiger partial charge in [0.2, 0.25) is 0 Å². The van der Waals surface area contributed by atoms with Crippen LogP contribution in [-0.4, -0.2) is 38.8 Å². The quantitative estimate of drug-likeness (QED) is 0.295. The van der Waals surface area contributed by atoms with Crippen LogP contribution in [0.1, 0.15) is 11.1 Å². The van der Waals surface area contributed by atoms with Gasteiger partial charge in [0.25, 0.3) is 0 Å². The van der Waals surface area contributed by atoms with Crippen LogP contribution >= 0.6 is 12.4 Å². The minimum atomic E-state index is -1.01. The molecule has 8 heteroatoms. The van der Waals surface area contributed by atoms with Gasteiger partial charge < -0.3 is 20.1 Å². The molecule has 0 fully saturated rings. The number of aliphatic carboxylic acids is 1. The van der Waals surface area contributed by atoms with Crippen LogP contribution < -0.4 is 10.5 Å². The fourth-order valence-electron chi connectivity index (χ4n) is 4.30. The molecule has 0 saturated heterocycles. The molecule has 1 unspecified atom stereocenters. The third-order valence-electron chi connectivity index (χ3n) is 6.27. The minimum absolute atomic E-state index is 0. The molecule has 188 valence electrons. The number of nitrogens with two attached hydrogens (primary N) is 1. The summed E-state index contributed by atoms with van der Waals surface area (Å²) in [6.07, 6.45) is 3.88. The Balaban J connectivity index is 0.00000320. The smallest absolute Gasteiger partial charge is 0.320 e. The summed E-state index contributed by atoms with van der Waals surface area (Å²) in [5, 5.41) is 10.00. The number of nitrogens with zero attached hydrogens (tertiary/aromatic N) is 3. The van der Waals surface area contributed by atoms with Crippen molar-refractivity contribution < 1.29 is 14.6 Å². The molecular weight excluding hydrogens is 488 g/mol. The zero-order chi connectivity index (χ0) is 25.1. The third kappa shape index (κ3) is 5.63. The molecular formula is C29H27ClN4O3. The van der Waals surface area contributed by atoms with E-state index in [1.54, 1.807) is 13.4 Å². The molecule has 37 heavy (non-hydrogen) atoms. The van der Waals surface area contributed by atoms with Crippen molar-refractivity contribution in [2.24, 2.45) is 5.73 Å². The fourth-order valence-corrected chi connectivity index (χ4v) is 4.30. The lowest BCUT2D eigenvalue weighted by Crippen LogP contribution is -2.32. The van der Waals surface area contributed by atoms with Crippen molar-refractivity contribution in [1.82, 2.24) is 14.5 Å². The summed E-state index contributed by atoms with van der Waals surface area (Å²) >= 11 is 0. The number of aromatic nitrogens is 3. The van der Waals surface area contributed by atoms with E-state index < -0.39 is 12.0 Å². The van der Waals surface area contributed by atoms with Crippen molar-refractivity contribution >= 4 is 29.4 Å². The molecule has 0 bridgehead atoms. The first-order valence-corrected chi connectivity index (χ1v) is 11.6. The monoisotopic (exact) mass is 514 g/mol. The summed E-state index contributed by atoms with van der Waals surface area (Å²) in [7, 11) is 1.67. The molecule has 0 aliphatic carbocycles. The van der Waals surface area contributed by atoms with Crippen molar-refractivity contribution in [1.29, 1.82) is 0 Å². The van der Waals surface area contributed by atoms with Crippen molar-refractivity contribution in [2.45, 2.75) is 19.0 Å². The largest absolute Gasteiger partial charge is 0.497 e. The number of carboxylic acid groups (broad SMARTS) is 1. The predicted octanol–water partition coefficient (Wildman–Crippen LogP) is 5.20. The zero-order valence-electron chi connectivity index (χ0n) is 20.2. The van der Waals surface area contributed by atoms with Crippen LogP contribution in [0.4, 0.5) is 0 Å². The van der Waals surface area contributed by atoms with Crippen molar-refractivity contribution in [3.63, 3.8) is 0 Å². The number of fused-ring (bicyclic) bond motifs is 1. The Morgan fingerprint density at radius 1 is 0.946 bits per heavy atom. The number of benzene rings is 3. The van der Waals surface area contributed by atoms with Gasteiger partial charge in [0, 0.05) is 23.7 Å². The number of carbonyl (C=O) groups is 1. The Morgan fingerprint density at radius 3 is 2.35 bits per heavy atom. The fraction of sp³-hybridized carbons (Fsp3) is 0.138. The Labute approximate surface area is 221 Å². The van der Waals surface area contributed by atoms with Gasteiger partial charge in [-0.3, -0.25) is 4.79 Å². The van der Waals surface area contributed by atoms with E-state index in [4.69, 9.17) is 15.6 Å². The number of methoxy groups -OCH3 is 1. The maximum absolute atomic E-state index is 11.0. The second-order valence-corrected chi connectivity index (χ2v) is 8.68. The lowest BCUT2D eigenvalue weighted by atomic mass is 10.0. The van der Waals surface area contributed by atoms with Crippen molar-refractivity contribution in [3.05, 3.63) is 103 Å². The first-order valence-electron chi connectivity index (χ1n) is 11.6. The van der Waals surface area contributed by atoms with Crippen LogP contribution in [0.25, 0.3) is 33.4 Å². The maximum atomic E-state index is 11.0. The highest BCUT2D eigenvalue weighted by Crippen LogP contribution is 2.28. The van der Waals surface area contributed by atoms with E-state index in [9.17, 15) is 4.79 Å². The summed E-state index contributed by atoms with van der Waals surface area (Å²) in [4.78, 5) is 20.1. The SMILES string of the molecule is COc1cccc(-c2ccc(Cn3ccc4c(-c5ccc(CC(N)C(=O)O)cc5)ncnc43)cc2)c1.Cl. The molecule has 0 aliphatic heterocycles. The maximum Gasteiger partial charge on any atom is 0.320 e. The van der Waals surface area contributed by atoms with Crippen LogP contribution in [0.2, 0.25) is 0 Å². The first-order chi connectivity index (χ1) is 17.5. The van der Waals surface area contributed by atoms with Crippen LogP contribution in [0.5, 0.6) is 5.75 Å². The van der Waals surface area contributed by atoms with Gasteiger partial charge in [-0.05, 0) is 46.9 Å². The van der Waals surface area contributed by atoms with Gasteiger partial charge in [-0.15, -0.1) is 12.4 Å². The highest BCUT2D eigenvalue weighted by atomic mass is 35.5.